The molecule has 0 bridgehead atoms. The molecule has 0 fully saturated rings. The third-order valence-electron chi connectivity index (χ3n) is 2.97. The molecule has 1 aromatic rings. The number of hydrogen-bond donors (Lipinski definition) is 2. The molecule has 4 nitrogen and oxygen atoms in total. The minimum absolute atomic E-state index is 0.0160. The van der Waals surface area contributed by atoms with Crippen molar-refractivity contribution < 1.29 is 9.53 Å². The highest BCUT2D eigenvalue weighted by Crippen LogP contribution is 2.37. The van der Waals surface area contributed by atoms with E-state index in [-0.39, 0.29) is 11.9 Å². The van der Waals surface area contributed by atoms with E-state index in [1.54, 1.807) is 6.07 Å². The SMILES string of the molecule is NCCCC(=O)NC1CCOc2c(Cl)cccc21. The van der Waals surface area contributed by atoms with Gasteiger partial charge in [-0.05, 0) is 19.0 Å². The van der Waals surface area contributed by atoms with Crippen molar-refractivity contribution in [2.24, 2.45) is 5.73 Å². The van der Waals surface area contributed by atoms with Crippen LogP contribution in [-0.2, 0) is 4.79 Å². The van der Waals surface area contributed by atoms with E-state index in [0.717, 1.165) is 12.0 Å². The van der Waals surface area contributed by atoms with Gasteiger partial charge >= 0.3 is 0 Å². The summed E-state index contributed by atoms with van der Waals surface area (Å²) < 4.78 is 5.54. The average Bonchev–Trinajstić information content (AvgIpc) is 2.38. The molecular formula is C13H17ClN2O2. The first-order chi connectivity index (χ1) is 8.72. The van der Waals surface area contributed by atoms with Crippen LogP contribution in [0.2, 0.25) is 5.02 Å². The zero-order valence-electron chi connectivity index (χ0n) is 10.1. The van der Waals surface area contributed by atoms with Gasteiger partial charge in [0, 0.05) is 18.4 Å². The van der Waals surface area contributed by atoms with Gasteiger partial charge in [0.25, 0.3) is 0 Å². The van der Waals surface area contributed by atoms with Gasteiger partial charge in [0.15, 0.2) is 0 Å². The van der Waals surface area contributed by atoms with Crippen LogP contribution < -0.4 is 15.8 Å². The first kappa shape index (κ1) is 13.2. The van der Waals surface area contributed by atoms with Crippen LogP contribution >= 0.6 is 11.6 Å². The van der Waals surface area contributed by atoms with E-state index in [9.17, 15) is 4.79 Å². The number of para-hydroxylation sites is 1. The highest BCUT2D eigenvalue weighted by atomic mass is 35.5. The molecular weight excluding hydrogens is 252 g/mol. The molecule has 18 heavy (non-hydrogen) atoms. The molecule has 5 heteroatoms. The van der Waals surface area contributed by atoms with Crippen molar-refractivity contribution in [1.82, 2.24) is 5.32 Å². The summed E-state index contributed by atoms with van der Waals surface area (Å²) in [6.07, 6.45) is 1.93. The molecule has 0 aliphatic carbocycles. The van der Waals surface area contributed by atoms with Crippen LogP contribution in [0.5, 0.6) is 5.75 Å². The summed E-state index contributed by atoms with van der Waals surface area (Å²) in [6.45, 7) is 1.10. The third-order valence-corrected chi connectivity index (χ3v) is 3.27. The summed E-state index contributed by atoms with van der Waals surface area (Å²) in [5.41, 5.74) is 6.34. The number of nitrogens with two attached hydrogens (primary N) is 1. The van der Waals surface area contributed by atoms with Crippen LogP contribution in [0.1, 0.15) is 30.9 Å². The van der Waals surface area contributed by atoms with E-state index in [2.05, 4.69) is 5.32 Å². The van der Waals surface area contributed by atoms with Crippen molar-refractivity contribution in [2.75, 3.05) is 13.2 Å². The fourth-order valence-corrected chi connectivity index (χ4v) is 2.30. The molecule has 1 aliphatic rings. The van der Waals surface area contributed by atoms with Crippen molar-refractivity contribution in [3.8, 4) is 5.75 Å². The van der Waals surface area contributed by atoms with Gasteiger partial charge in [-0.15, -0.1) is 0 Å². The van der Waals surface area contributed by atoms with Crippen LogP contribution in [0.25, 0.3) is 0 Å². The van der Waals surface area contributed by atoms with E-state index in [4.69, 9.17) is 22.1 Å². The molecule has 0 spiro atoms. The highest BCUT2D eigenvalue weighted by molar-refractivity contribution is 6.32. The first-order valence-electron chi connectivity index (χ1n) is 6.13. The molecule has 1 amide bonds. The molecule has 0 saturated carbocycles. The number of amides is 1. The molecule has 98 valence electrons. The average molecular weight is 269 g/mol. The smallest absolute Gasteiger partial charge is 0.220 e. The van der Waals surface area contributed by atoms with Crippen LogP contribution in [-0.4, -0.2) is 19.1 Å². The number of carbonyl (C=O) groups is 1. The number of nitrogens with one attached hydrogen (secondary N) is 1. The van der Waals surface area contributed by atoms with Crippen LogP contribution in [0, 0.1) is 0 Å². The molecule has 2 rings (SSSR count). The predicted molar refractivity (Wildman–Crippen MR) is 70.7 cm³/mol. The van der Waals surface area contributed by atoms with Crippen LogP contribution in [0.3, 0.4) is 0 Å². The van der Waals surface area contributed by atoms with Crippen molar-refractivity contribution in [3.63, 3.8) is 0 Å². The van der Waals surface area contributed by atoms with Gasteiger partial charge in [-0.3, -0.25) is 4.79 Å². The summed E-state index contributed by atoms with van der Waals surface area (Å²) in [6, 6.07) is 5.58. The van der Waals surface area contributed by atoms with Crippen molar-refractivity contribution in [2.45, 2.75) is 25.3 Å². The zero-order valence-corrected chi connectivity index (χ0v) is 10.9. The Labute approximate surface area is 111 Å². The Balaban J connectivity index is 2.08. The zero-order chi connectivity index (χ0) is 13.0. The number of carbonyl (C=O) groups excluding carboxylic acids is 1. The predicted octanol–water partition coefficient (Wildman–Crippen LogP) is 2.02. The molecule has 1 unspecified atom stereocenters. The highest BCUT2D eigenvalue weighted by Gasteiger charge is 2.24. The standard InChI is InChI=1S/C13H17ClN2O2/c14-10-4-1-3-9-11(6-8-18-13(9)10)16-12(17)5-2-7-15/h1,3-4,11H,2,5-8,15H2,(H,16,17). The van der Waals surface area contributed by atoms with Gasteiger partial charge in [0.05, 0.1) is 17.7 Å². The Morgan fingerprint density at radius 1 is 1.56 bits per heavy atom. The Kier molecular flexibility index (Phi) is 4.44. The van der Waals surface area contributed by atoms with Crippen molar-refractivity contribution >= 4 is 17.5 Å². The van der Waals surface area contributed by atoms with E-state index in [0.29, 0.717) is 36.8 Å². The molecule has 0 radical (unpaired) electrons. The lowest BCUT2D eigenvalue weighted by atomic mass is 10.0. The molecule has 1 atom stereocenters. The van der Waals surface area contributed by atoms with E-state index < -0.39 is 0 Å². The molecule has 1 aromatic carbocycles. The first-order valence-corrected chi connectivity index (χ1v) is 6.51. The topological polar surface area (TPSA) is 64.4 Å². The van der Waals surface area contributed by atoms with Crippen molar-refractivity contribution in [1.29, 1.82) is 0 Å². The second-order valence-corrected chi connectivity index (χ2v) is 4.71. The Morgan fingerprint density at radius 3 is 3.17 bits per heavy atom. The van der Waals surface area contributed by atoms with Crippen LogP contribution in [0.4, 0.5) is 0 Å². The second kappa shape index (κ2) is 6.07. The molecule has 0 saturated heterocycles. The third kappa shape index (κ3) is 2.94. The Hall–Kier alpha value is -1.26. The minimum atomic E-state index is -0.0160. The lowest BCUT2D eigenvalue weighted by molar-refractivity contribution is -0.122. The maximum absolute atomic E-state index is 11.7. The maximum Gasteiger partial charge on any atom is 0.220 e. The van der Waals surface area contributed by atoms with Gasteiger partial charge in [-0.2, -0.15) is 0 Å². The summed E-state index contributed by atoms with van der Waals surface area (Å²) in [5.74, 6) is 0.716. The fourth-order valence-electron chi connectivity index (χ4n) is 2.07. The van der Waals surface area contributed by atoms with E-state index in [1.807, 2.05) is 12.1 Å². The Bertz CT molecular complexity index is 437. The summed E-state index contributed by atoms with van der Waals surface area (Å²) in [5, 5.41) is 3.60. The summed E-state index contributed by atoms with van der Waals surface area (Å²) in [4.78, 5) is 11.7. The quantitative estimate of drug-likeness (QED) is 0.878. The number of halogens is 1. The van der Waals surface area contributed by atoms with Crippen LogP contribution in [0.15, 0.2) is 18.2 Å². The molecule has 1 heterocycles. The monoisotopic (exact) mass is 268 g/mol. The minimum Gasteiger partial charge on any atom is -0.492 e. The maximum atomic E-state index is 11.7. The fraction of sp³-hybridized carbons (Fsp3) is 0.462. The van der Waals surface area contributed by atoms with Gasteiger partial charge in [-0.25, -0.2) is 0 Å². The summed E-state index contributed by atoms with van der Waals surface area (Å²) in [7, 11) is 0. The lowest BCUT2D eigenvalue weighted by Gasteiger charge is -2.27. The second-order valence-electron chi connectivity index (χ2n) is 4.31. The van der Waals surface area contributed by atoms with E-state index in [1.165, 1.54) is 0 Å². The number of ether oxygens (including phenoxy) is 1. The molecule has 1 aliphatic heterocycles. The number of benzene rings is 1. The Morgan fingerprint density at radius 2 is 2.39 bits per heavy atom. The summed E-state index contributed by atoms with van der Waals surface area (Å²) >= 11 is 6.07. The van der Waals surface area contributed by atoms with Gasteiger partial charge in [0.1, 0.15) is 5.75 Å². The van der Waals surface area contributed by atoms with Gasteiger partial charge in [0.2, 0.25) is 5.91 Å². The molecule has 0 aromatic heterocycles. The normalized spacial score (nSPS) is 17.8. The number of fused-ring (bicyclic) bond motifs is 1. The molecule has 3 N–H and O–H groups in total. The van der Waals surface area contributed by atoms with Gasteiger partial charge < -0.3 is 15.8 Å². The van der Waals surface area contributed by atoms with E-state index >= 15 is 0 Å². The number of rotatable bonds is 4. The largest absolute Gasteiger partial charge is 0.492 e. The lowest BCUT2D eigenvalue weighted by Crippen LogP contribution is -2.32. The number of hydrogen-bond acceptors (Lipinski definition) is 3. The van der Waals surface area contributed by atoms with Crippen molar-refractivity contribution in [3.05, 3.63) is 28.8 Å². The van der Waals surface area contributed by atoms with Gasteiger partial charge in [-0.1, -0.05) is 23.7 Å².